The van der Waals surface area contributed by atoms with Crippen LogP contribution in [0.5, 0.6) is 0 Å². The maximum Gasteiger partial charge on any atom is 0.131 e. The van der Waals surface area contributed by atoms with E-state index in [0.29, 0.717) is 12.8 Å². The van der Waals surface area contributed by atoms with Crippen molar-refractivity contribution in [3.8, 4) is 0 Å². The van der Waals surface area contributed by atoms with E-state index in [2.05, 4.69) is 0 Å². The monoisotopic (exact) mass is 195 g/mol. The fourth-order valence-corrected chi connectivity index (χ4v) is 1.36. The average molecular weight is 195 g/mol. The summed E-state index contributed by atoms with van der Waals surface area (Å²) in [4.78, 5) is 10.8. The van der Waals surface area contributed by atoms with Crippen molar-refractivity contribution in [2.45, 2.75) is 25.8 Å². The molecule has 2 N–H and O–H groups in total. The number of hydrogen-bond donors (Lipinski definition) is 1. The highest BCUT2D eigenvalue weighted by molar-refractivity contribution is 5.76. The SMILES string of the molecule is CC(=O)C[C@@H](N)Cc1ccc(F)cc1. The van der Waals surface area contributed by atoms with Gasteiger partial charge in [-0.15, -0.1) is 0 Å². The van der Waals surface area contributed by atoms with Crippen LogP contribution in [0.2, 0.25) is 0 Å². The Balaban J connectivity index is 2.51. The summed E-state index contributed by atoms with van der Waals surface area (Å²) in [5.41, 5.74) is 6.69. The summed E-state index contributed by atoms with van der Waals surface area (Å²) < 4.78 is 12.5. The molecule has 1 rings (SSSR count). The van der Waals surface area contributed by atoms with E-state index in [1.165, 1.54) is 19.1 Å². The Bertz CT molecular complexity index is 308. The fraction of sp³-hybridized carbons (Fsp3) is 0.364. The molecule has 0 aliphatic carbocycles. The molecule has 0 saturated carbocycles. The number of ketones is 1. The van der Waals surface area contributed by atoms with Crippen molar-refractivity contribution in [1.29, 1.82) is 0 Å². The highest BCUT2D eigenvalue weighted by atomic mass is 19.1. The van der Waals surface area contributed by atoms with E-state index in [0.717, 1.165) is 5.56 Å². The molecule has 0 saturated heterocycles. The second kappa shape index (κ2) is 4.86. The lowest BCUT2D eigenvalue weighted by molar-refractivity contribution is -0.117. The third-order valence-electron chi connectivity index (χ3n) is 1.96. The zero-order valence-electron chi connectivity index (χ0n) is 8.16. The van der Waals surface area contributed by atoms with Crippen LogP contribution in [-0.2, 0) is 11.2 Å². The van der Waals surface area contributed by atoms with Crippen LogP contribution in [0.1, 0.15) is 18.9 Å². The van der Waals surface area contributed by atoms with Crippen molar-refractivity contribution in [2.24, 2.45) is 5.73 Å². The van der Waals surface area contributed by atoms with Crippen molar-refractivity contribution in [3.63, 3.8) is 0 Å². The van der Waals surface area contributed by atoms with E-state index in [1.54, 1.807) is 12.1 Å². The Kier molecular flexibility index (Phi) is 3.77. The van der Waals surface area contributed by atoms with Gasteiger partial charge in [-0.3, -0.25) is 4.79 Å². The minimum Gasteiger partial charge on any atom is -0.327 e. The molecule has 76 valence electrons. The molecule has 1 aromatic carbocycles. The second-order valence-corrected chi connectivity index (χ2v) is 3.50. The minimum absolute atomic E-state index is 0.0830. The molecule has 1 aromatic rings. The van der Waals surface area contributed by atoms with Gasteiger partial charge in [0.15, 0.2) is 0 Å². The van der Waals surface area contributed by atoms with Crippen molar-refractivity contribution < 1.29 is 9.18 Å². The summed E-state index contributed by atoms with van der Waals surface area (Å²) >= 11 is 0. The molecule has 0 bridgehead atoms. The number of halogens is 1. The molecule has 14 heavy (non-hydrogen) atoms. The molecule has 0 aliphatic heterocycles. The molecule has 0 spiro atoms. The number of benzene rings is 1. The van der Waals surface area contributed by atoms with Gasteiger partial charge in [0.25, 0.3) is 0 Å². The molecule has 0 aromatic heterocycles. The van der Waals surface area contributed by atoms with Gasteiger partial charge in [0.2, 0.25) is 0 Å². The Morgan fingerprint density at radius 1 is 1.43 bits per heavy atom. The first-order chi connectivity index (χ1) is 6.58. The predicted molar refractivity (Wildman–Crippen MR) is 53.4 cm³/mol. The van der Waals surface area contributed by atoms with E-state index in [-0.39, 0.29) is 17.6 Å². The standard InChI is InChI=1S/C11H14FNO/c1-8(14)6-11(13)7-9-2-4-10(12)5-3-9/h2-5,11H,6-7,13H2,1H3/t11-/m1/s1. The van der Waals surface area contributed by atoms with Gasteiger partial charge in [0.1, 0.15) is 11.6 Å². The molecule has 0 radical (unpaired) electrons. The van der Waals surface area contributed by atoms with Crippen LogP contribution in [0.25, 0.3) is 0 Å². The fourth-order valence-electron chi connectivity index (χ4n) is 1.36. The predicted octanol–water partition coefficient (Wildman–Crippen LogP) is 1.67. The van der Waals surface area contributed by atoms with Crippen LogP contribution in [0, 0.1) is 5.82 Å². The van der Waals surface area contributed by atoms with Gasteiger partial charge >= 0.3 is 0 Å². The van der Waals surface area contributed by atoms with Gasteiger partial charge in [-0.2, -0.15) is 0 Å². The molecule has 0 unspecified atom stereocenters. The number of nitrogens with two attached hydrogens (primary N) is 1. The molecule has 0 aliphatic rings. The first-order valence-corrected chi connectivity index (χ1v) is 4.57. The van der Waals surface area contributed by atoms with Gasteiger partial charge < -0.3 is 5.73 Å². The van der Waals surface area contributed by atoms with Crippen LogP contribution in [0.4, 0.5) is 4.39 Å². The van der Waals surface area contributed by atoms with Crippen LogP contribution < -0.4 is 5.73 Å². The number of carbonyl (C=O) groups is 1. The quantitative estimate of drug-likeness (QED) is 0.794. The van der Waals surface area contributed by atoms with Crippen molar-refractivity contribution in [3.05, 3.63) is 35.6 Å². The van der Waals surface area contributed by atoms with Gasteiger partial charge in [0.05, 0.1) is 0 Å². The third-order valence-corrected chi connectivity index (χ3v) is 1.96. The first kappa shape index (κ1) is 10.9. The van der Waals surface area contributed by atoms with Crippen molar-refractivity contribution >= 4 is 5.78 Å². The Hall–Kier alpha value is -1.22. The number of rotatable bonds is 4. The molecular formula is C11H14FNO. The lowest BCUT2D eigenvalue weighted by Crippen LogP contribution is -2.25. The summed E-state index contributed by atoms with van der Waals surface area (Å²) in [6.45, 7) is 1.52. The molecule has 0 heterocycles. The molecule has 2 nitrogen and oxygen atoms in total. The van der Waals surface area contributed by atoms with Gasteiger partial charge in [-0.25, -0.2) is 4.39 Å². The Morgan fingerprint density at radius 2 is 2.00 bits per heavy atom. The lowest BCUT2D eigenvalue weighted by Gasteiger charge is -2.08. The summed E-state index contributed by atoms with van der Waals surface area (Å²) in [6, 6.07) is 6.01. The minimum atomic E-state index is -0.256. The molecule has 1 atom stereocenters. The summed E-state index contributed by atoms with van der Waals surface area (Å²) in [6.07, 6.45) is 0.983. The van der Waals surface area contributed by atoms with Crippen LogP contribution in [0.15, 0.2) is 24.3 Å². The Labute approximate surface area is 82.9 Å². The zero-order valence-corrected chi connectivity index (χ0v) is 8.16. The largest absolute Gasteiger partial charge is 0.327 e. The average Bonchev–Trinajstić information content (AvgIpc) is 2.07. The highest BCUT2D eigenvalue weighted by Crippen LogP contribution is 2.06. The third kappa shape index (κ3) is 3.66. The highest BCUT2D eigenvalue weighted by Gasteiger charge is 2.06. The Morgan fingerprint density at radius 3 is 2.50 bits per heavy atom. The maximum absolute atomic E-state index is 12.5. The number of carbonyl (C=O) groups excluding carboxylic acids is 1. The van der Waals surface area contributed by atoms with Gasteiger partial charge in [-0.1, -0.05) is 12.1 Å². The van der Waals surface area contributed by atoms with Crippen LogP contribution in [-0.4, -0.2) is 11.8 Å². The zero-order chi connectivity index (χ0) is 10.6. The van der Waals surface area contributed by atoms with E-state index in [1.807, 2.05) is 0 Å². The number of hydrogen-bond acceptors (Lipinski definition) is 2. The van der Waals surface area contributed by atoms with E-state index < -0.39 is 0 Å². The topological polar surface area (TPSA) is 43.1 Å². The van der Waals surface area contributed by atoms with Crippen LogP contribution in [0.3, 0.4) is 0 Å². The van der Waals surface area contributed by atoms with Gasteiger partial charge in [0, 0.05) is 12.5 Å². The van der Waals surface area contributed by atoms with Crippen molar-refractivity contribution in [1.82, 2.24) is 0 Å². The van der Waals surface area contributed by atoms with Gasteiger partial charge in [-0.05, 0) is 31.0 Å². The molecule has 3 heteroatoms. The van der Waals surface area contributed by atoms with E-state index in [4.69, 9.17) is 5.73 Å². The normalized spacial score (nSPS) is 12.5. The lowest BCUT2D eigenvalue weighted by atomic mass is 10.0. The summed E-state index contributed by atoms with van der Waals surface area (Å²) in [7, 11) is 0. The van der Waals surface area contributed by atoms with E-state index >= 15 is 0 Å². The summed E-state index contributed by atoms with van der Waals surface area (Å²) in [5, 5.41) is 0. The van der Waals surface area contributed by atoms with Crippen LogP contribution >= 0.6 is 0 Å². The number of Topliss-reactive ketones (excluding diaryl/α,β-unsaturated/α-hetero) is 1. The molecule has 0 fully saturated rings. The maximum atomic E-state index is 12.5. The molecular weight excluding hydrogens is 181 g/mol. The summed E-state index contributed by atoms with van der Waals surface area (Å²) in [5.74, 6) is -0.173. The van der Waals surface area contributed by atoms with E-state index in [9.17, 15) is 9.18 Å². The first-order valence-electron chi connectivity index (χ1n) is 4.57. The second-order valence-electron chi connectivity index (χ2n) is 3.50. The smallest absolute Gasteiger partial charge is 0.131 e. The van der Waals surface area contributed by atoms with Crippen molar-refractivity contribution in [2.75, 3.05) is 0 Å². The molecule has 0 amide bonds.